The van der Waals surface area contributed by atoms with Gasteiger partial charge in [-0.25, -0.2) is 8.42 Å². The molecule has 0 saturated carbocycles. The fourth-order valence-corrected chi connectivity index (χ4v) is 3.22. The van der Waals surface area contributed by atoms with E-state index in [2.05, 4.69) is 5.32 Å². The van der Waals surface area contributed by atoms with Gasteiger partial charge in [-0.2, -0.15) is 11.3 Å². The third-order valence-electron chi connectivity index (χ3n) is 2.90. The smallest absolute Gasteiger partial charge is 0.251 e. The summed E-state index contributed by atoms with van der Waals surface area (Å²) in [7, 11) is -3.40. The summed E-state index contributed by atoms with van der Waals surface area (Å²) in [5.41, 5.74) is 7.32. The summed E-state index contributed by atoms with van der Waals surface area (Å²) in [6.07, 6.45) is 1.82. The van der Waals surface area contributed by atoms with Crippen molar-refractivity contribution in [1.29, 1.82) is 0 Å². The average Bonchev–Trinajstić information content (AvgIpc) is 2.90. The fourth-order valence-electron chi connectivity index (χ4n) is 1.82. The third-order valence-corrected chi connectivity index (χ3v) is 4.72. The first-order valence-corrected chi connectivity index (χ1v) is 9.09. The fraction of sp³-hybridized carbons (Fsp3) is 0.214. The Labute approximate surface area is 127 Å². The molecule has 5 nitrogen and oxygen atoms in total. The van der Waals surface area contributed by atoms with E-state index in [4.69, 9.17) is 5.73 Å². The van der Waals surface area contributed by atoms with E-state index in [1.807, 2.05) is 16.8 Å². The number of hydrogen-bond donors (Lipinski definition) is 2. The van der Waals surface area contributed by atoms with Gasteiger partial charge in [0, 0.05) is 24.1 Å². The molecule has 1 amide bonds. The maximum absolute atomic E-state index is 12.0. The number of carbonyl (C=O) groups excluding carboxylic acids is 1. The number of benzene rings is 1. The van der Waals surface area contributed by atoms with Gasteiger partial charge in [0.25, 0.3) is 5.91 Å². The van der Waals surface area contributed by atoms with Crippen molar-refractivity contribution < 1.29 is 13.2 Å². The molecule has 1 aromatic heterocycles. The summed E-state index contributed by atoms with van der Waals surface area (Å²) in [5.74, 6) is -0.331. The summed E-state index contributed by atoms with van der Waals surface area (Å²) in [5, 5.41) is 6.76. The van der Waals surface area contributed by atoms with Crippen LogP contribution in [0.3, 0.4) is 0 Å². The highest BCUT2D eigenvalue weighted by molar-refractivity contribution is 7.90. The lowest BCUT2D eigenvalue weighted by atomic mass is 10.2. The number of nitrogens with one attached hydrogen (secondary N) is 1. The van der Waals surface area contributed by atoms with Crippen LogP contribution in [0.5, 0.6) is 0 Å². The Balaban J connectivity index is 2.07. The Morgan fingerprint density at radius 1 is 1.33 bits per heavy atom. The normalized spacial score (nSPS) is 11.3. The van der Waals surface area contributed by atoms with Crippen molar-refractivity contribution in [2.75, 3.05) is 18.5 Å². The number of sulfone groups is 1. The van der Waals surface area contributed by atoms with Gasteiger partial charge in [-0.15, -0.1) is 0 Å². The Bertz CT molecular complexity index is 738. The highest BCUT2D eigenvalue weighted by Gasteiger charge is 2.13. The van der Waals surface area contributed by atoms with Crippen LogP contribution < -0.4 is 11.1 Å². The van der Waals surface area contributed by atoms with Crippen LogP contribution in [-0.4, -0.2) is 27.1 Å². The Hall–Kier alpha value is -1.86. The van der Waals surface area contributed by atoms with Crippen LogP contribution in [0.25, 0.3) is 0 Å². The van der Waals surface area contributed by atoms with Crippen LogP contribution in [0.4, 0.5) is 5.69 Å². The molecular weight excluding hydrogens is 308 g/mol. The van der Waals surface area contributed by atoms with Gasteiger partial charge < -0.3 is 11.1 Å². The number of nitrogens with two attached hydrogens (primary N) is 1. The highest BCUT2D eigenvalue weighted by atomic mass is 32.2. The van der Waals surface area contributed by atoms with E-state index in [-0.39, 0.29) is 22.1 Å². The molecule has 0 aliphatic carbocycles. The average molecular weight is 324 g/mol. The molecule has 0 atom stereocenters. The third kappa shape index (κ3) is 4.30. The van der Waals surface area contributed by atoms with Crippen LogP contribution >= 0.6 is 11.3 Å². The summed E-state index contributed by atoms with van der Waals surface area (Å²) >= 11 is 1.61. The first-order valence-electron chi connectivity index (χ1n) is 6.26. The predicted octanol–water partition coefficient (Wildman–Crippen LogP) is 1.71. The molecule has 0 fully saturated rings. The van der Waals surface area contributed by atoms with Crippen molar-refractivity contribution in [3.05, 3.63) is 46.2 Å². The monoisotopic (exact) mass is 324 g/mol. The van der Waals surface area contributed by atoms with E-state index < -0.39 is 9.84 Å². The number of carbonyl (C=O) groups is 1. The lowest BCUT2D eigenvalue weighted by molar-refractivity contribution is 0.0954. The Morgan fingerprint density at radius 3 is 2.71 bits per heavy atom. The molecule has 0 aliphatic heterocycles. The van der Waals surface area contributed by atoms with Crippen LogP contribution in [0.2, 0.25) is 0 Å². The molecule has 1 heterocycles. The first kappa shape index (κ1) is 15.5. The van der Waals surface area contributed by atoms with E-state index in [0.29, 0.717) is 6.54 Å². The van der Waals surface area contributed by atoms with Crippen molar-refractivity contribution >= 4 is 32.8 Å². The van der Waals surface area contributed by atoms with Gasteiger partial charge in [0.05, 0.1) is 4.90 Å². The number of nitrogen functional groups attached to an aromatic ring is 1. The second kappa shape index (κ2) is 6.28. The number of rotatable bonds is 5. The van der Waals surface area contributed by atoms with E-state index in [0.717, 1.165) is 18.2 Å². The molecular formula is C14H16N2O3S2. The zero-order chi connectivity index (χ0) is 15.5. The lowest BCUT2D eigenvalue weighted by Gasteiger charge is -2.07. The van der Waals surface area contributed by atoms with Gasteiger partial charge in [-0.3, -0.25) is 4.79 Å². The molecule has 112 valence electrons. The number of thiophene rings is 1. The summed E-state index contributed by atoms with van der Waals surface area (Å²) < 4.78 is 23.1. The highest BCUT2D eigenvalue weighted by Crippen LogP contribution is 2.16. The second-order valence-corrected chi connectivity index (χ2v) is 7.50. The SMILES string of the molecule is CS(=O)(=O)c1cc(N)cc(C(=O)NCCc2ccsc2)c1. The molecule has 2 rings (SSSR count). The Kier molecular flexibility index (Phi) is 4.64. The molecule has 0 unspecified atom stereocenters. The van der Waals surface area contributed by atoms with Crippen molar-refractivity contribution in [3.8, 4) is 0 Å². The van der Waals surface area contributed by atoms with E-state index in [9.17, 15) is 13.2 Å². The number of hydrogen-bond acceptors (Lipinski definition) is 5. The van der Waals surface area contributed by atoms with Gasteiger partial charge in [-0.1, -0.05) is 0 Å². The molecule has 2 aromatic rings. The van der Waals surface area contributed by atoms with E-state index >= 15 is 0 Å². The van der Waals surface area contributed by atoms with Crippen molar-refractivity contribution in [2.24, 2.45) is 0 Å². The van der Waals surface area contributed by atoms with Crippen molar-refractivity contribution in [3.63, 3.8) is 0 Å². The van der Waals surface area contributed by atoms with Gasteiger partial charge >= 0.3 is 0 Å². The maximum Gasteiger partial charge on any atom is 0.251 e. The summed E-state index contributed by atoms with van der Waals surface area (Å²) in [6.45, 7) is 0.485. The lowest BCUT2D eigenvalue weighted by Crippen LogP contribution is -2.26. The standard InChI is InChI=1S/C14H16N2O3S2/c1-21(18,19)13-7-11(6-12(15)8-13)14(17)16-4-2-10-3-5-20-9-10/h3,5-9H,2,4,15H2,1H3,(H,16,17). The van der Waals surface area contributed by atoms with Gasteiger partial charge in [0.1, 0.15) is 0 Å². The first-order chi connectivity index (χ1) is 9.86. The quantitative estimate of drug-likeness (QED) is 0.819. The minimum absolute atomic E-state index is 0.0467. The van der Waals surface area contributed by atoms with Crippen molar-refractivity contribution in [1.82, 2.24) is 5.32 Å². The van der Waals surface area contributed by atoms with Crippen LogP contribution in [0.15, 0.2) is 39.9 Å². The van der Waals surface area contributed by atoms with Crippen LogP contribution in [-0.2, 0) is 16.3 Å². The maximum atomic E-state index is 12.0. The van der Waals surface area contributed by atoms with Gasteiger partial charge in [-0.05, 0) is 47.0 Å². The number of anilines is 1. The molecule has 7 heteroatoms. The van der Waals surface area contributed by atoms with Gasteiger partial charge in [0.2, 0.25) is 0 Å². The topological polar surface area (TPSA) is 89.3 Å². The molecule has 0 spiro atoms. The molecule has 0 aliphatic rings. The molecule has 0 radical (unpaired) electrons. The van der Waals surface area contributed by atoms with E-state index in [1.165, 1.54) is 18.2 Å². The second-order valence-electron chi connectivity index (χ2n) is 4.70. The molecule has 0 bridgehead atoms. The van der Waals surface area contributed by atoms with Crippen LogP contribution in [0, 0.1) is 0 Å². The van der Waals surface area contributed by atoms with E-state index in [1.54, 1.807) is 11.3 Å². The van der Waals surface area contributed by atoms with Crippen LogP contribution in [0.1, 0.15) is 15.9 Å². The zero-order valence-corrected chi connectivity index (χ0v) is 13.1. The molecule has 3 N–H and O–H groups in total. The minimum Gasteiger partial charge on any atom is -0.399 e. The van der Waals surface area contributed by atoms with Crippen molar-refractivity contribution in [2.45, 2.75) is 11.3 Å². The predicted molar refractivity (Wildman–Crippen MR) is 84.3 cm³/mol. The largest absolute Gasteiger partial charge is 0.399 e. The minimum atomic E-state index is -3.40. The van der Waals surface area contributed by atoms with Gasteiger partial charge in [0.15, 0.2) is 9.84 Å². The molecule has 1 aromatic carbocycles. The molecule has 21 heavy (non-hydrogen) atoms. The molecule has 0 saturated heterocycles. The Morgan fingerprint density at radius 2 is 2.10 bits per heavy atom. The summed E-state index contributed by atoms with van der Waals surface area (Å²) in [6, 6.07) is 6.15. The zero-order valence-electron chi connectivity index (χ0n) is 11.5. The summed E-state index contributed by atoms with van der Waals surface area (Å²) in [4.78, 5) is 12.1. The number of amides is 1.